The van der Waals surface area contributed by atoms with Gasteiger partial charge in [-0.1, -0.05) is 6.07 Å². The zero-order chi connectivity index (χ0) is 11.2. The van der Waals surface area contributed by atoms with Gasteiger partial charge < -0.3 is 10.6 Å². The summed E-state index contributed by atoms with van der Waals surface area (Å²) in [7, 11) is 0. The van der Waals surface area contributed by atoms with Gasteiger partial charge >= 0.3 is 0 Å². The highest BCUT2D eigenvalue weighted by Crippen LogP contribution is 2.09. The van der Waals surface area contributed by atoms with Crippen molar-refractivity contribution in [3.05, 3.63) is 30.1 Å². The van der Waals surface area contributed by atoms with Crippen molar-refractivity contribution in [1.82, 2.24) is 15.6 Å². The first kappa shape index (κ1) is 13.9. The SMILES string of the molecule is Cl.O=C(NCc1cccnc1)C1CCCNC1. The maximum atomic E-state index is 11.8. The number of nitrogens with one attached hydrogen (secondary N) is 2. The van der Waals surface area contributed by atoms with Gasteiger partial charge in [0.15, 0.2) is 0 Å². The van der Waals surface area contributed by atoms with Gasteiger partial charge in [0.25, 0.3) is 0 Å². The minimum atomic E-state index is 0. The van der Waals surface area contributed by atoms with Crippen LogP contribution in [0.5, 0.6) is 0 Å². The van der Waals surface area contributed by atoms with Crippen LogP contribution < -0.4 is 10.6 Å². The summed E-state index contributed by atoms with van der Waals surface area (Å²) >= 11 is 0. The van der Waals surface area contributed by atoms with E-state index < -0.39 is 0 Å². The molecule has 0 aromatic carbocycles. The van der Waals surface area contributed by atoms with Gasteiger partial charge in [-0.25, -0.2) is 0 Å². The monoisotopic (exact) mass is 255 g/mol. The smallest absolute Gasteiger partial charge is 0.224 e. The number of rotatable bonds is 3. The maximum absolute atomic E-state index is 11.8. The first-order valence-electron chi connectivity index (χ1n) is 5.73. The molecule has 0 radical (unpaired) electrons. The van der Waals surface area contributed by atoms with Crippen LogP contribution in [0.15, 0.2) is 24.5 Å². The second-order valence-electron chi connectivity index (χ2n) is 4.12. The average molecular weight is 256 g/mol. The van der Waals surface area contributed by atoms with Crippen molar-refractivity contribution in [1.29, 1.82) is 0 Å². The van der Waals surface area contributed by atoms with Crippen LogP contribution in [-0.2, 0) is 11.3 Å². The predicted molar refractivity (Wildman–Crippen MR) is 68.9 cm³/mol. The molecular formula is C12H18ClN3O. The summed E-state index contributed by atoms with van der Waals surface area (Å²) < 4.78 is 0. The van der Waals surface area contributed by atoms with Crippen molar-refractivity contribution in [2.24, 2.45) is 5.92 Å². The Balaban J connectivity index is 0.00000144. The molecule has 0 spiro atoms. The molecular weight excluding hydrogens is 238 g/mol. The van der Waals surface area contributed by atoms with Crippen LogP contribution in [0.25, 0.3) is 0 Å². The van der Waals surface area contributed by atoms with Crippen molar-refractivity contribution in [2.75, 3.05) is 13.1 Å². The highest BCUT2D eigenvalue weighted by molar-refractivity contribution is 5.85. The normalized spacial score (nSPS) is 19.2. The molecule has 5 heteroatoms. The van der Waals surface area contributed by atoms with Gasteiger partial charge in [0.05, 0.1) is 5.92 Å². The molecule has 17 heavy (non-hydrogen) atoms. The van der Waals surface area contributed by atoms with Crippen molar-refractivity contribution in [3.8, 4) is 0 Å². The minimum Gasteiger partial charge on any atom is -0.352 e. The third kappa shape index (κ3) is 4.32. The number of piperidine rings is 1. The molecule has 2 rings (SSSR count). The number of pyridine rings is 1. The summed E-state index contributed by atoms with van der Waals surface area (Å²) in [4.78, 5) is 15.8. The van der Waals surface area contributed by atoms with Gasteiger partial charge in [0, 0.05) is 25.5 Å². The quantitative estimate of drug-likeness (QED) is 0.851. The number of aromatic nitrogens is 1. The fraction of sp³-hybridized carbons (Fsp3) is 0.500. The fourth-order valence-electron chi connectivity index (χ4n) is 1.91. The molecule has 1 aromatic heterocycles. The zero-order valence-electron chi connectivity index (χ0n) is 9.69. The van der Waals surface area contributed by atoms with E-state index in [2.05, 4.69) is 15.6 Å². The van der Waals surface area contributed by atoms with E-state index in [9.17, 15) is 4.79 Å². The topological polar surface area (TPSA) is 54.0 Å². The van der Waals surface area contributed by atoms with Gasteiger partial charge in [-0.05, 0) is 31.0 Å². The van der Waals surface area contributed by atoms with Crippen LogP contribution in [0.4, 0.5) is 0 Å². The number of hydrogen-bond donors (Lipinski definition) is 2. The summed E-state index contributed by atoms with van der Waals surface area (Å²) in [5.41, 5.74) is 1.04. The molecule has 2 N–H and O–H groups in total. The van der Waals surface area contributed by atoms with E-state index in [1.54, 1.807) is 12.4 Å². The summed E-state index contributed by atoms with van der Waals surface area (Å²) in [5, 5.41) is 6.19. The summed E-state index contributed by atoms with van der Waals surface area (Å²) in [6.45, 7) is 2.41. The molecule has 0 aliphatic carbocycles. The van der Waals surface area contributed by atoms with Gasteiger partial charge in [0.1, 0.15) is 0 Å². The average Bonchev–Trinajstić information content (AvgIpc) is 2.38. The molecule has 1 aromatic rings. The lowest BCUT2D eigenvalue weighted by molar-refractivity contribution is -0.125. The van der Waals surface area contributed by atoms with Crippen molar-refractivity contribution in [3.63, 3.8) is 0 Å². The van der Waals surface area contributed by atoms with Crippen LogP contribution in [-0.4, -0.2) is 24.0 Å². The van der Waals surface area contributed by atoms with E-state index >= 15 is 0 Å². The van der Waals surface area contributed by atoms with Crippen molar-refractivity contribution in [2.45, 2.75) is 19.4 Å². The zero-order valence-corrected chi connectivity index (χ0v) is 10.5. The molecule has 1 unspecified atom stereocenters. The molecule has 1 amide bonds. The number of carbonyl (C=O) groups excluding carboxylic acids is 1. The Hall–Kier alpha value is -1.13. The highest BCUT2D eigenvalue weighted by atomic mass is 35.5. The van der Waals surface area contributed by atoms with Gasteiger partial charge in [-0.2, -0.15) is 0 Å². The number of amides is 1. The Morgan fingerprint density at radius 2 is 2.47 bits per heavy atom. The predicted octanol–water partition coefficient (Wildman–Crippen LogP) is 1.12. The van der Waals surface area contributed by atoms with E-state index in [4.69, 9.17) is 0 Å². The Bertz CT molecular complexity index is 339. The number of halogens is 1. The Labute approximate surface area is 108 Å². The van der Waals surface area contributed by atoms with E-state index in [0.29, 0.717) is 6.54 Å². The lowest BCUT2D eigenvalue weighted by atomic mass is 9.99. The third-order valence-electron chi connectivity index (χ3n) is 2.86. The van der Waals surface area contributed by atoms with E-state index in [-0.39, 0.29) is 24.2 Å². The largest absolute Gasteiger partial charge is 0.352 e. The molecule has 94 valence electrons. The Kier molecular flexibility index (Phi) is 5.94. The lowest BCUT2D eigenvalue weighted by Crippen LogP contribution is -2.40. The molecule has 2 heterocycles. The molecule has 1 aliphatic rings. The fourth-order valence-corrected chi connectivity index (χ4v) is 1.91. The number of hydrogen-bond acceptors (Lipinski definition) is 3. The van der Waals surface area contributed by atoms with Crippen LogP contribution in [0, 0.1) is 5.92 Å². The first-order valence-corrected chi connectivity index (χ1v) is 5.73. The third-order valence-corrected chi connectivity index (χ3v) is 2.86. The molecule has 1 saturated heterocycles. The van der Waals surface area contributed by atoms with E-state index in [0.717, 1.165) is 31.5 Å². The standard InChI is InChI=1S/C12H17N3O.ClH/c16-12(11-4-2-6-14-9-11)15-8-10-3-1-5-13-7-10;/h1,3,5,7,11,14H,2,4,6,8-9H2,(H,15,16);1H. The molecule has 1 fully saturated rings. The van der Waals surface area contributed by atoms with Crippen LogP contribution in [0.1, 0.15) is 18.4 Å². The van der Waals surface area contributed by atoms with Crippen LogP contribution >= 0.6 is 12.4 Å². The summed E-state index contributed by atoms with van der Waals surface area (Å²) in [6, 6.07) is 3.84. The van der Waals surface area contributed by atoms with E-state index in [1.807, 2.05) is 12.1 Å². The van der Waals surface area contributed by atoms with E-state index in [1.165, 1.54) is 0 Å². The highest BCUT2D eigenvalue weighted by Gasteiger charge is 2.20. The molecule has 1 atom stereocenters. The Morgan fingerprint density at radius 3 is 3.12 bits per heavy atom. The summed E-state index contributed by atoms with van der Waals surface area (Å²) in [5.74, 6) is 0.279. The van der Waals surface area contributed by atoms with Gasteiger partial charge in [-0.3, -0.25) is 9.78 Å². The Morgan fingerprint density at radius 1 is 1.59 bits per heavy atom. The van der Waals surface area contributed by atoms with Crippen LogP contribution in [0.2, 0.25) is 0 Å². The van der Waals surface area contributed by atoms with Crippen LogP contribution in [0.3, 0.4) is 0 Å². The van der Waals surface area contributed by atoms with Crippen molar-refractivity contribution >= 4 is 18.3 Å². The second-order valence-corrected chi connectivity index (χ2v) is 4.12. The maximum Gasteiger partial charge on any atom is 0.224 e. The van der Waals surface area contributed by atoms with Gasteiger partial charge in [0.2, 0.25) is 5.91 Å². The summed E-state index contributed by atoms with van der Waals surface area (Å²) in [6.07, 6.45) is 5.59. The lowest BCUT2D eigenvalue weighted by Gasteiger charge is -2.21. The minimum absolute atomic E-state index is 0. The first-order chi connectivity index (χ1) is 7.86. The number of carbonyl (C=O) groups is 1. The number of nitrogens with zero attached hydrogens (tertiary/aromatic N) is 1. The van der Waals surface area contributed by atoms with Crippen molar-refractivity contribution < 1.29 is 4.79 Å². The second kappa shape index (κ2) is 7.25. The molecule has 0 bridgehead atoms. The molecule has 1 aliphatic heterocycles. The van der Waals surface area contributed by atoms with Gasteiger partial charge in [-0.15, -0.1) is 12.4 Å². The molecule has 0 saturated carbocycles. The molecule has 4 nitrogen and oxygen atoms in total.